The number of pyridine rings is 1. The summed E-state index contributed by atoms with van der Waals surface area (Å²) in [5.74, 6) is 1.06. The van der Waals surface area contributed by atoms with E-state index in [-0.39, 0.29) is 5.92 Å². The van der Waals surface area contributed by atoms with E-state index in [4.69, 9.17) is 10.7 Å². The smallest absolute Gasteiger partial charge is 0.180 e. The molecule has 0 bridgehead atoms. The normalized spacial score (nSPS) is 20.6. The fraction of sp³-hybridized carbons (Fsp3) is 0.333. The second kappa shape index (κ2) is 5.81. The molecule has 130 valence electrons. The highest BCUT2D eigenvalue weighted by Gasteiger charge is 2.27. The van der Waals surface area contributed by atoms with E-state index >= 15 is 0 Å². The fourth-order valence-corrected chi connectivity index (χ4v) is 4.65. The largest absolute Gasteiger partial charge is 0.375 e. The van der Waals surface area contributed by atoms with Crippen molar-refractivity contribution in [1.29, 1.82) is 5.26 Å². The number of nitrogen functional groups attached to an aromatic ring is 1. The van der Waals surface area contributed by atoms with Crippen LogP contribution in [0, 0.1) is 17.2 Å². The number of anilines is 1. The van der Waals surface area contributed by atoms with Crippen LogP contribution in [0.25, 0.3) is 32.8 Å². The molecule has 1 aliphatic carbocycles. The molecule has 4 aromatic rings. The number of H-pyrrole nitrogens is 1. The zero-order chi connectivity index (χ0) is 17.7. The van der Waals surface area contributed by atoms with E-state index in [0.717, 1.165) is 58.5 Å². The number of fused-ring (bicyclic) bond motifs is 3. The molecule has 0 atom stereocenters. The SMILES string of the molecule is N#C[C@H]1CC[C@H](n2c(-c3cnc(N)s3)nc3cnc4[nH]ccc4c32)CC1. The quantitative estimate of drug-likeness (QED) is 0.562. The van der Waals surface area contributed by atoms with Crippen LogP contribution in [0.5, 0.6) is 0 Å². The van der Waals surface area contributed by atoms with E-state index in [1.807, 2.05) is 12.4 Å². The highest BCUT2D eigenvalue weighted by Crippen LogP contribution is 2.40. The molecule has 1 saturated carbocycles. The van der Waals surface area contributed by atoms with Crippen molar-refractivity contribution >= 4 is 38.5 Å². The number of hydrogen-bond acceptors (Lipinski definition) is 6. The third kappa shape index (κ3) is 2.28. The standard InChI is InChI=1S/C18H17N7S/c19-7-10-1-3-11(4-2-10)25-15-12-5-6-21-16(12)22-8-13(15)24-17(25)14-9-23-18(20)26-14/h5-6,8-11H,1-4H2,(H2,20,23)(H,21,22)/t10-,11-. The highest BCUT2D eigenvalue weighted by molar-refractivity contribution is 7.18. The molecule has 0 radical (unpaired) electrons. The summed E-state index contributed by atoms with van der Waals surface area (Å²) in [5.41, 5.74) is 8.70. The molecule has 8 heteroatoms. The number of imidazole rings is 1. The third-order valence-electron chi connectivity index (χ3n) is 5.22. The van der Waals surface area contributed by atoms with E-state index in [1.54, 1.807) is 6.20 Å². The van der Waals surface area contributed by atoms with Gasteiger partial charge in [0.05, 0.1) is 28.9 Å². The van der Waals surface area contributed by atoms with Gasteiger partial charge >= 0.3 is 0 Å². The Kier molecular flexibility index (Phi) is 3.43. The molecule has 0 aromatic carbocycles. The average Bonchev–Trinajstić information content (AvgIpc) is 3.38. The molecule has 1 aliphatic rings. The lowest BCUT2D eigenvalue weighted by Crippen LogP contribution is -2.18. The number of hydrogen-bond donors (Lipinski definition) is 2. The minimum Gasteiger partial charge on any atom is -0.375 e. The van der Waals surface area contributed by atoms with Crippen LogP contribution in [0.2, 0.25) is 0 Å². The molecule has 4 heterocycles. The summed E-state index contributed by atoms with van der Waals surface area (Å²) in [6, 6.07) is 4.78. The van der Waals surface area contributed by atoms with Gasteiger partial charge in [-0.25, -0.2) is 15.0 Å². The molecule has 26 heavy (non-hydrogen) atoms. The first-order valence-corrected chi connectivity index (χ1v) is 9.51. The predicted octanol–water partition coefficient (Wildman–Crippen LogP) is 3.87. The summed E-state index contributed by atoms with van der Waals surface area (Å²) in [5, 5.41) is 10.8. The van der Waals surface area contributed by atoms with Crippen molar-refractivity contribution in [3.8, 4) is 16.8 Å². The zero-order valence-electron chi connectivity index (χ0n) is 14.0. The number of aromatic nitrogens is 5. The Bertz CT molecular complexity index is 1140. The lowest BCUT2D eigenvalue weighted by molar-refractivity contribution is 0.320. The topological polar surface area (TPSA) is 109 Å². The Balaban J connectivity index is 1.75. The molecule has 3 N–H and O–H groups in total. The van der Waals surface area contributed by atoms with Crippen LogP contribution in [-0.4, -0.2) is 24.5 Å². The second-order valence-corrected chi connectivity index (χ2v) is 7.80. The van der Waals surface area contributed by atoms with Gasteiger partial charge in [-0.05, 0) is 31.7 Å². The van der Waals surface area contributed by atoms with Crippen molar-refractivity contribution in [3.63, 3.8) is 0 Å². The average molecular weight is 363 g/mol. The molecular weight excluding hydrogens is 346 g/mol. The van der Waals surface area contributed by atoms with Gasteiger partial charge in [0.25, 0.3) is 0 Å². The van der Waals surface area contributed by atoms with Crippen molar-refractivity contribution in [2.75, 3.05) is 5.73 Å². The van der Waals surface area contributed by atoms with Gasteiger partial charge in [0, 0.05) is 23.5 Å². The molecule has 0 amide bonds. The summed E-state index contributed by atoms with van der Waals surface area (Å²) >= 11 is 1.45. The molecule has 1 fully saturated rings. The minimum absolute atomic E-state index is 0.164. The van der Waals surface area contributed by atoms with E-state index in [1.165, 1.54) is 11.3 Å². The monoisotopic (exact) mass is 363 g/mol. The molecule has 0 spiro atoms. The first-order valence-electron chi connectivity index (χ1n) is 8.70. The summed E-state index contributed by atoms with van der Waals surface area (Å²) in [6.45, 7) is 0. The zero-order valence-corrected chi connectivity index (χ0v) is 14.8. The number of nitrogens with one attached hydrogen (secondary N) is 1. The molecule has 0 aliphatic heterocycles. The van der Waals surface area contributed by atoms with Crippen molar-refractivity contribution in [2.24, 2.45) is 5.92 Å². The number of aromatic amines is 1. The lowest BCUT2D eigenvalue weighted by atomic mass is 9.86. The second-order valence-electron chi connectivity index (χ2n) is 6.73. The van der Waals surface area contributed by atoms with Gasteiger partial charge in [0.15, 0.2) is 11.0 Å². The van der Waals surface area contributed by atoms with Crippen LogP contribution in [0.4, 0.5) is 5.13 Å². The van der Waals surface area contributed by atoms with Crippen LogP contribution < -0.4 is 5.73 Å². The number of nitriles is 1. The van der Waals surface area contributed by atoms with Gasteiger partial charge in [-0.2, -0.15) is 5.26 Å². The van der Waals surface area contributed by atoms with Gasteiger partial charge in [0.1, 0.15) is 11.2 Å². The van der Waals surface area contributed by atoms with Crippen molar-refractivity contribution in [3.05, 3.63) is 24.7 Å². The van der Waals surface area contributed by atoms with E-state index in [0.29, 0.717) is 11.2 Å². The Hall–Kier alpha value is -2.92. The first kappa shape index (κ1) is 15.3. The van der Waals surface area contributed by atoms with Crippen LogP contribution in [0.3, 0.4) is 0 Å². The van der Waals surface area contributed by atoms with Gasteiger partial charge < -0.3 is 15.3 Å². The molecule has 7 nitrogen and oxygen atoms in total. The molecular formula is C18H17N7S. The van der Waals surface area contributed by atoms with Gasteiger partial charge in [-0.15, -0.1) is 0 Å². The Labute approximate surface area is 153 Å². The van der Waals surface area contributed by atoms with Gasteiger partial charge in [-0.1, -0.05) is 11.3 Å². The summed E-state index contributed by atoms with van der Waals surface area (Å²) in [6.07, 6.45) is 9.31. The maximum Gasteiger partial charge on any atom is 0.180 e. The molecule has 0 unspecified atom stereocenters. The molecule has 4 aromatic heterocycles. The summed E-state index contributed by atoms with van der Waals surface area (Å²) < 4.78 is 2.33. The van der Waals surface area contributed by atoms with Crippen molar-refractivity contribution in [2.45, 2.75) is 31.7 Å². The molecule has 0 saturated heterocycles. The fourth-order valence-electron chi connectivity index (χ4n) is 3.98. The molecule has 5 rings (SSSR count). The lowest BCUT2D eigenvalue weighted by Gasteiger charge is -2.27. The van der Waals surface area contributed by atoms with Crippen LogP contribution in [0.1, 0.15) is 31.7 Å². The van der Waals surface area contributed by atoms with Gasteiger partial charge in [0.2, 0.25) is 0 Å². The van der Waals surface area contributed by atoms with Crippen LogP contribution in [0.15, 0.2) is 24.7 Å². The Morgan fingerprint density at radius 3 is 2.81 bits per heavy atom. The first-order chi connectivity index (χ1) is 12.7. The number of nitrogens with two attached hydrogens (primary N) is 1. The summed E-state index contributed by atoms with van der Waals surface area (Å²) in [4.78, 5) is 17.7. The minimum atomic E-state index is 0.164. The number of thiazole rings is 1. The van der Waals surface area contributed by atoms with Crippen molar-refractivity contribution < 1.29 is 0 Å². The van der Waals surface area contributed by atoms with E-state index < -0.39 is 0 Å². The van der Waals surface area contributed by atoms with Gasteiger partial charge in [-0.3, -0.25) is 0 Å². The predicted molar refractivity (Wildman–Crippen MR) is 102 cm³/mol. The van der Waals surface area contributed by atoms with Crippen LogP contribution in [-0.2, 0) is 0 Å². The Morgan fingerprint density at radius 1 is 1.23 bits per heavy atom. The van der Waals surface area contributed by atoms with Crippen LogP contribution >= 0.6 is 11.3 Å². The maximum absolute atomic E-state index is 9.23. The summed E-state index contributed by atoms with van der Waals surface area (Å²) in [7, 11) is 0. The van der Waals surface area contributed by atoms with E-state index in [2.05, 4.69) is 31.7 Å². The van der Waals surface area contributed by atoms with E-state index in [9.17, 15) is 5.26 Å². The maximum atomic E-state index is 9.23. The number of nitrogens with zero attached hydrogens (tertiary/aromatic N) is 5. The Morgan fingerprint density at radius 2 is 2.08 bits per heavy atom. The third-order valence-corrected chi connectivity index (χ3v) is 6.05. The number of rotatable bonds is 2. The highest BCUT2D eigenvalue weighted by atomic mass is 32.1. The van der Waals surface area contributed by atoms with Crippen molar-refractivity contribution in [1.82, 2.24) is 24.5 Å².